The number of ether oxygens (including phenoxy) is 2. The van der Waals surface area contributed by atoms with Gasteiger partial charge in [-0.25, -0.2) is 14.4 Å². The molecule has 1 saturated heterocycles. The van der Waals surface area contributed by atoms with Crippen LogP contribution in [0.4, 0.5) is 0 Å². The van der Waals surface area contributed by atoms with Crippen LogP contribution in [-0.4, -0.2) is 59.9 Å². The maximum Gasteiger partial charge on any atom is 0.459 e. The molecule has 2 heterocycles. The van der Waals surface area contributed by atoms with Crippen LogP contribution in [0.5, 0.6) is 5.75 Å². The van der Waals surface area contributed by atoms with E-state index >= 15 is 0 Å². The number of rotatable bonds is 10. The summed E-state index contributed by atoms with van der Waals surface area (Å²) in [7, 11) is 2.08. The van der Waals surface area contributed by atoms with Gasteiger partial charge < -0.3 is 19.1 Å². The Bertz CT molecular complexity index is 1180. The lowest BCUT2D eigenvalue weighted by Crippen LogP contribution is -2.37. The first kappa shape index (κ1) is 26.9. The fourth-order valence-corrected chi connectivity index (χ4v) is 4.68. The maximum atomic E-state index is 13.4. The number of nitrogens with one attached hydrogen (secondary N) is 2. The number of carbonyl (C=O) groups is 1. The fourth-order valence-electron chi connectivity index (χ4n) is 3.40. The molecule has 0 spiro atoms. The van der Waals surface area contributed by atoms with Crippen LogP contribution in [0.2, 0.25) is 5.31 Å². The van der Waals surface area contributed by atoms with E-state index in [-0.39, 0.29) is 11.9 Å². The van der Waals surface area contributed by atoms with E-state index in [1.54, 1.807) is 44.2 Å². The molecule has 0 bridgehead atoms. The van der Waals surface area contributed by atoms with Crippen LogP contribution in [-0.2, 0) is 23.4 Å². The van der Waals surface area contributed by atoms with Crippen molar-refractivity contribution in [3.05, 3.63) is 63.4 Å². The highest BCUT2D eigenvalue weighted by atomic mass is 31.2. The van der Waals surface area contributed by atoms with Gasteiger partial charge in [0.05, 0.1) is 26.7 Å². The van der Waals surface area contributed by atoms with Gasteiger partial charge in [-0.3, -0.25) is 23.7 Å². The van der Waals surface area contributed by atoms with Crippen LogP contribution >= 0.6 is 7.75 Å². The Morgan fingerprint density at radius 2 is 2.00 bits per heavy atom. The topological polar surface area (TPSA) is 158 Å². The lowest BCUT2D eigenvalue weighted by Gasteiger charge is -2.29. The number of aromatic nitrogens is 2. The largest absolute Gasteiger partial charge is 0.462 e. The average Bonchev–Trinajstić information content (AvgIpc) is 3.00. The summed E-state index contributed by atoms with van der Waals surface area (Å²) >= 11 is 0. The van der Waals surface area contributed by atoms with E-state index in [0.717, 1.165) is 10.6 Å². The van der Waals surface area contributed by atoms with Gasteiger partial charge in [0.1, 0.15) is 24.6 Å². The number of para-hydroxylation sites is 1. The highest BCUT2D eigenvalue weighted by Gasteiger charge is 2.51. The molecule has 12 nitrogen and oxygen atoms in total. The molecule has 0 aliphatic carbocycles. The predicted molar refractivity (Wildman–Crippen MR) is 125 cm³/mol. The van der Waals surface area contributed by atoms with Crippen molar-refractivity contribution >= 4 is 21.6 Å². The minimum Gasteiger partial charge on any atom is -0.462 e. The van der Waals surface area contributed by atoms with Crippen LogP contribution in [0.15, 0.2) is 52.2 Å². The summed E-state index contributed by atoms with van der Waals surface area (Å²) in [5, 5.41) is 11.7. The summed E-state index contributed by atoms with van der Waals surface area (Å²) < 4.78 is 36.2. The Morgan fingerprint density at radius 1 is 1.31 bits per heavy atom. The minimum atomic E-state index is -4.17. The molecule has 1 aliphatic heterocycles. The number of H-pyrrole nitrogens is 1. The Kier molecular flexibility index (Phi) is 8.40. The molecule has 2 aromatic rings. The molecule has 5 atom stereocenters. The zero-order chi connectivity index (χ0) is 25.8. The van der Waals surface area contributed by atoms with Crippen molar-refractivity contribution < 1.29 is 33.0 Å². The second-order valence-corrected chi connectivity index (χ2v) is 10.2. The van der Waals surface area contributed by atoms with E-state index in [2.05, 4.69) is 10.1 Å². The number of hydrogen-bond donors (Lipinski definition) is 3. The number of esters is 1. The van der Waals surface area contributed by atoms with Crippen LogP contribution in [0.3, 0.4) is 0 Å². The summed E-state index contributed by atoms with van der Waals surface area (Å²) in [5.41, 5.74) is -1.39. The third kappa shape index (κ3) is 6.71. The number of aliphatic hydroxyl groups excluding tert-OH is 1. The zero-order valence-corrected chi connectivity index (χ0v) is 20.3. The SMILES string of the molecule is [B][C@]1(C)[C@H](O)[C@@H](COP(=O)(NCC(=O)OC(C)C)Oc2ccccc2)O[C@H]1n1ccc(=O)[nH]c1=O. The van der Waals surface area contributed by atoms with Crippen molar-refractivity contribution in [1.29, 1.82) is 0 Å². The van der Waals surface area contributed by atoms with Gasteiger partial charge in [0.15, 0.2) is 0 Å². The van der Waals surface area contributed by atoms with E-state index in [4.69, 9.17) is 26.4 Å². The molecular formula is C21H27BN3O9P. The Balaban J connectivity index is 1.76. The van der Waals surface area contributed by atoms with Gasteiger partial charge in [-0.05, 0) is 26.0 Å². The monoisotopic (exact) mass is 507 g/mol. The Hall–Kier alpha value is -2.70. The van der Waals surface area contributed by atoms with Gasteiger partial charge >= 0.3 is 19.4 Å². The number of hydrogen-bond acceptors (Lipinski definition) is 9. The van der Waals surface area contributed by atoms with E-state index < -0.39 is 61.9 Å². The molecule has 0 saturated carbocycles. The van der Waals surface area contributed by atoms with Gasteiger partial charge in [0.25, 0.3) is 5.56 Å². The third-order valence-electron chi connectivity index (χ3n) is 5.09. The van der Waals surface area contributed by atoms with Crippen LogP contribution in [0, 0.1) is 0 Å². The van der Waals surface area contributed by atoms with Crippen molar-refractivity contribution in [2.75, 3.05) is 13.2 Å². The highest BCUT2D eigenvalue weighted by molar-refractivity contribution is 7.52. The molecule has 1 aliphatic rings. The van der Waals surface area contributed by atoms with Gasteiger partial charge in [-0.15, -0.1) is 0 Å². The first-order chi connectivity index (χ1) is 16.4. The van der Waals surface area contributed by atoms with Crippen LogP contribution in [0.25, 0.3) is 0 Å². The summed E-state index contributed by atoms with van der Waals surface area (Å²) in [6.07, 6.45) is -2.84. The van der Waals surface area contributed by atoms with Crippen molar-refractivity contribution in [2.24, 2.45) is 0 Å². The fraction of sp³-hybridized carbons (Fsp3) is 0.476. The van der Waals surface area contributed by atoms with E-state index in [1.165, 1.54) is 13.1 Å². The molecule has 1 aromatic carbocycles. The normalized spacial score (nSPS) is 25.8. The molecule has 35 heavy (non-hydrogen) atoms. The quantitative estimate of drug-likeness (QED) is 0.240. The van der Waals surface area contributed by atoms with Gasteiger partial charge in [0, 0.05) is 17.6 Å². The number of aromatic amines is 1. The summed E-state index contributed by atoms with van der Waals surface area (Å²) in [5.74, 6) is -0.473. The molecule has 2 radical (unpaired) electrons. The molecule has 3 N–H and O–H groups in total. The lowest BCUT2D eigenvalue weighted by atomic mass is 9.65. The van der Waals surface area contributed by atoms with Crippen LogP contribution < -0.4 is 20.9 Å². The van der Waals surface area contributed by atoms with Gasteiger partial charge in [-0.1, -0.05) is 25.1 Å². The van der Waals surface area contributed by atoms with E-state index in [1.807, 2.05) is 0 Å². The average molecular weight is 507 g/mol. The molecule has 14 heteroatoms. The number of benzene rings is 1. The second-order valence-electron chi connectivity index (χ2n) is 8.43. The summed E-state index contributed by atoms with van der Waals surface area (Å²) in [6.45, 7) is 3.85. The number of nitrogens with zero attached hydrogens (tertiary/aromatic N) is 1. The van der Waals surface area contributed by atoms with E-state index in [9.17, 15) is 24.1 Å². The second kappa shape index (κ2) is 10.9. The highest BCUT2D eigenvalue weighted by Crippen LogP contribution is 2.50. The lowest BCUT2D eigenvalue weighted by molar-refractivity contribution is -0.146. The smallest absolute Gasteiger partial charge is 0.459 e. The standard InChI is InChI=1S/C21H27BN3O9P/c1-13(2)32-17(27)11-23-35(30,34-14-7-5-4-6-8-14)31-12-15-18(28)21(3,22)19(33-15)25-10-9-16(26)24-20(25)29/h4-10,13,15,18-19,28H,11-12H2,1-3H3,(H,23,30)(H,24,26,29)/t15-,18-,19-,21-,35?/m1/s1. The van der Waals surface area contributed by atoms with Crippen LogP contribution in [0.1, 0.15) is 27.0 Å². The first-order valence-electron chi connectivity index (χ1n) is 10.8. The summed E-state index contributed by atoms with van der Waals surface area (Å²) in [4.78, 5) is 37.6. The molecule has 1 aromatic heterocycles. The number of carbonyl (C=O) groups excluding carboxylic acids is 1. The zero-order valence-electron chi connectivity index (χ0n) is 19.5. The molecule has 1 unspecified atom stereocenters. The molecule has 188 valence electrons. The van der Waals surface area contributed by atoms with Gasteiger partial charge in [-0.2, -0.15) is 0 Å². The summed E-state index contributed by atoms with van der Waals surface area (Å²) in [6, 6.07) is 9.24. The predicted octanol–water partition coefficient (Wildman–Crippen LogP) is 0.887. The molecule has 3 rings (SSSR count). The Morgan fingerprint density at radius 3 is 2.63 bits per heavy atom. The van der Waals surface area contributed by atoms with Crippen molar-refractivity contribution in [2.45, 2.75) is 50.6 Å². The minimum absolute atomic E-state index is 0.204. The van der Waals surface area contributed by atoms with Crippen molar-refractivity contribution in [3.8, 4) is 5.75 Å². The van der Waals surface area contributed by atoms with Crippen molar-refractivity contribution in [1.82, 2.24) is 14.6 Å². The maximum absolute atomic E-state index is 13.4. The Labute approximate surface area is 202 Å². The van der Waals surface area contributed by atoms with Crippen molar-refractivity contribution in [3.63, 3.8) is 0 Å². The van der Waals surface area contributed by atoms with Gasteiger partial charge in [0.2, 0.25) is 0 Å². The third-order valence-corrected chi connectivity index (χ3v) is 6.58. The number of aliphatic hydroxyl groups is 1. The molecule has 0 amide bonds. The molecule has 1 fully saturated rings. The van der Waals surface area contributed by atoms with E-state index in [0.29, 0.717) is 0 Å². The molecular weight excluding hydrogens is 480 g/mol. The first-order valence-corrected chi connectivity index (χ1v) is 12.3.